The third kappa shape index (κ3) is 3.65. The lowest BCUT2D eigenvalue weighted by Crippen LogP contribution is -2.34. The van der Waals surface area contributed by atoms with Crippen LogP contribution in [-0.2, 0) is 16.1 Å². The first-order chi connectivity index (χ1) is 12.6. The van der Waals surface area contributed by atoms with Crippen molar-refractivity contribution in [3.8, 4) is 0 Å². The molecular weight excluding hydrogens is 351 g/mol. The summed E-state index contributed by atoms with van der Waals surface area (Å²) in [5.74, 6) is -0.763. The van der Waals surface area contributed by atoms with Crippen molar-refractivity contribution in [2.45, 2.75) is 30.3 Å². The molecule has 1 fully saturated rings. The van der Waals surface area contributed by atoms with Gasteiger partial charge in [-0.1, -0.05) is 36.0 Å². The molecule has 0 radical (unpaired) electrons. The second-order valence-corrected chi connectivity index (χ2v) is 7.46. The summed E-state index contributed by atoms with van der Waals surface area (Å²) in [7, 11) is 0. The first kappa shape index (κ1) is 16.8. The molecule has 2 aromatic carbocycles. The Kier molecular flexibility index (Phi) is 4.51. The summed E-state index contributed by atoms with van der Waals surface area (Å²) >= 11 is 1.31. The Morgan fingerprint density at radius 2 is 1.92 bits per heavy atom. The molecule has 1 aliphatic heterocycles. The number of carbonyl (C=O) groups is 2. The molecule has 2 aromatic rings. The van der Waals surface area contributed by atoms with E-state index in [1.54, 1.807) is 17.0 Å². The lowest BCUT2D eigenvalue weighted by Gasteiger charge is -2.30. The first-order valence-electron chi connectivity index (χ1n) is 8.45. The zero-order valence-corrected chi connectivity index (χ0v) is 14.8. The van der Waals surface area contributed by atoms with E-state index >= 15 is 0 Å². The van der Waals surface area contributed by atoms with Gasteiger partial charge in [0.15, 0.2) is 0 Å². The number of halogens is 1. The molecule has 132 valence electrons. The molecule has 1 N–H and O–H groups in total. The SMILES string of the molecule is O=C(/C=C1\Sc2ccccc2N(Cc2ccc(F)cc2)C1=O)NC1CC1. The number of hydrogen-bond acceptors (Lipinski definition) is 3. The molecule has 4 rings (SSSR count). The predicted molar refractivity (Wildman–Crippen MR) is 99.1 cm³/mol. The van der Waals surface area contributed by atoms with Crippen LogP contribution in [0, 0.1) is 5.82 Å². The lowest BCUT2D eigenvalue weighted by molar-refractivity contribution is -0.118. The van der Waals surface area contributed by atoms with Crippen molar-refractivity contribution in [2.24, 2.45) is 0 Å². The van der Waals surface area contributed by atoms with E-state index in [1.165, 1.54) is 30.0 Å². The van der Waals surface area contributed by atoms with Crippen molar-refractivity contribution < 1.29 is 14.0 Å². The third-order valence-corrected chi connectivity index (χ3v) is 5.35. The topological polar surface area (TPSA) is 49.4 Å². The number of benzene rings is 2. The van der Waals surface area contributed by atoms with Gasteiger partial charge in [0.25, 0.3) is 5.91 Å². The zero-order valence-electron chi connectivity index (χ0n) is 13.9. The van der Waals surface area contributed by atoms with Crippen molar-refractivity contribution in [2.75, 3.05) is 4.90 Å². The van der Waals surface area contributed by atoms with Crippen molar-refractivity contribution >= 4 is 29.3 Å². The highest BCUT2D eigenvalue weighted by Gasteiger charge is 2.30. The number of para-hydroxylation sites is 1. The Balaban J connectivity index is 1.64. The van der Waals surface area contributed by atoms with E-state index in [-0.39, 0.29) is 23.7 Å². The van der Waals surface area contributed by atoms with Gasteiger partial charge < -0.3 is 10.2 Å². The predicted octanol–water partition coefficient (Wildman–Crippen LogP) is 3.63. The van der Waals surface area contributed by atoms with Crippen LogP contribution in [0.3, 0.4) is 0 Å². The largest absolute Gasteiger partial charge is 0.350 e. The minimum Gasteiger partial charge on any atom is -0.350 e. The van der Waals surface area contributed by atoms with Gasteiger partial charge in [0.2, 0.25) is 5.91 Å². The van der Waals surface area contributed by atoms with Gasteiger partial charge in [0.1, 0.15) is 5.82 Å². The van der Waals surface area contributed by atoms with Gasteiger partial charge in [-0.15, -0.1) is 0 Å². The Hall–Kier alpha value is -2.60. The molecule has 2 amide bonds. The molecule has 0 bridgehead atoms. The maximum atomic E-state index is 13.2. The summed E-state index contributed by atoms with van der Waals surface area (Å²) in [5, 5.41) is 2.88. The first-order valence-corrected chi connectivity index (χ1v) is 9.27. The third-order valence-electron chi connectivity index (χ3n) is 4.27. The summed E-state index contributed by atoms with van der Waals surface area (Å²) in [4.78, 5) is 28.0. The van der Waals surface area contributed by atoms with Gasteiger partial charge in [-0.2, -0.15) is 0 Å². The molecule has 0 unspecified atom stereocenters. The Bertz CT molecular complexity index is 891. The second-order valence-electron chi connectivity index (χ2n) is 6.38. The molecule has 4 nitrogen and oxygen atoms in total. The van der Waals surface area contributed by atoms with E-state index < -0.39 is 0 Å². The Morgan fingerprint density at radius 3 is 2.65 bits per heavy atom. The number of amides is 2. The number of nitrogens with one attached hydrogen (secondary N) is 1. The van der Waals surface area contributed by atoms with Gasteiger partial charge in [-0.05, 0) is 42.7 Å². The van der Waals surface area contributed by atoms with Crippen LogP contribution in [0.4, 0.5) is 10.1 Å². The van der Waals surface area contributed by atoms with E-state index in [0.29, 0.717) is 11.4 Å². The van der Waals surface area contributed by atoms with Crippen LogP contribution in [0.2, 0.25) is 0 Å². The van der Waals surface area contributed by atoms with Crippen LogP contribution in [0.1, 0.15) is 18.4 Å². The molecule has 0 atom stereocenters. The van der Waals surface area contributed by atoms with Crippen molar-refractivity contribution in [1.82, 2.24) is 5.32 Å². The van der Waals surface area contributed by atoms with Gasteiger partial charge in [0.05, 0.1) is 17.1 Å². The summed E-state index contributed by atoms with van der Waals surface area (Å²) in [5.41, 5.74) is 1.62. The van der Waals surface area contributed by atoms with Crippen LogP contribution in [0.15, 0.2) is 64.4 Å². The number of nitrogens with zero attached hydrogens (tertiary/aromatic N) is 1. The maximum Gasteiger partial charge on any atom is 0.265 e. The monoisotopic (exact) mass is 368 g/mol. The average Bonchev–Trinajstić information content (AvgIpc) is 3.44. The molecule has 0 saturated heterocycles. The molecule has 1 aliphatic carbocycles. The van der Waals surface area contributed by atoms with Crippen LogP contribution < -0.4 is 10.2 Å². The highest BCUT2D eigenvalue weighted by atomic mass is 32.2. The minimum absolute atomic E-state index is 0.219. The fourth-order valence-electron chi connectivity index (χ4n) is 2.78. The number of thioether (sulfide) groups is 1. The molecule has 26 heavy (non-hydrogen) atoms. The van der Waals surface area contributed by atoms with E-state index in [0.717, 1.165) is 29.0 Å². The lowest BCUT2D eigenvalue weighted by atomic mass is 10.1. The second kappa shape index (κ2) is 6.96. The van der Waals surface area contributed by atoms with E-state index in [2.05, 4.69) is 5.32 Å². The fourth-order valence-corrected chi connectivity index (χ4v) is 3.81. The number of rotatable bonds is 4. The summed E-state index contributed by atoms with van der Waals surface area (Å²) in [6.07, 6.45) is 3.38. The number of carbonyl (C=O) groups excluding carboxylic acids is 2. The number of anilines is 1. The van der Waals surface area contributed by atoms with Crippen LogP contribution in [0.5, 0.6) is 0 Å². The van der Waals surface area contributed by atoms with E-state index in [9.17, 15) is 14.0 Å². The zero-order chi connectivity index (χ0) is 18.1. The van der Waals surface area contributed by atoms with Crippen molar-refractivity contribution in [1.29, 1.82) is 0 Å². The molecule has 2 aliphatic rings. The van der Waals surface area contributed by atoms with E-state index in [1.807, 2.05) is 24.3 Å². The van der Waals surface area contributed by atoms with Gasteiger partial charge in [0, 0.05) is 17.0 Å². The molecule has 1 heterocycles. The van der Waals surface area contributed by atoms with E-state index in [4.69, 9.17) is 0 Å². The standard InChI is InChI=1S/C20H17FN2O2S/c21-14-7-5-13(6-8-14)12-23-16-3-1-2-4-17(16)26-18(20(23)25)11-19(24)22-15-9-10-15/h1-8,11,15H,9-10,12H2,(H,22,24)/b18-11-. The number of hydrogen-bond donors (Lipinski definition) is 1. The summed E-state index contributed by atoms with van der Waals surface area (Å²) in [6.45, 7) is 0.318. The fraction of sp³-hybridized carbons (Fsp3) is 0.200. The highest BCUT2D eigenvalue weighted by Crippen LogP contribution is 2.41. The summed E-state index contributed by atoms with van der Waals surface area (Å²) in [6, 6.07) is 13.9. The minimum atomic E-state index is -0.313. The quantitative estimate of drug-likeness (QED) is 0.839. The van der Waals surface area contributed by atoms with Gasteiger partial charge in [-0.25, -0.2) is 4.39 Å². The normalized spacial score (nSPS) is 18.0. The molecule has 0 spiro atoms. The highest BCUT2D eigenvalue weighted by molar-refractivity contribution is 8.04. The maximum absolute atomic E-state index is 13.2. The average molecular weight is 368 g/mol. The Labute approximate surface area is 155 Å². The summed E-state index contributed by atoms with van der Waals surface area (Å²) < 4.78 is 13.2. The van der Waals surface area contributed by atoms with Gasteiger partial charge in [-0.3, -0.25) is 9.59 Å². The van der Waals surface area contributed by atoms with Crippen LogP contribution >= 0.6 is 11.8 Å². The van der Waals surface area contributed by atoms with Crippen LogP contribution in [0.25, 0.3) is 0 Å². The molecule has 6 heteroatoms. The molecule has 1 saturated carbocycles. The smallest absolute Gasteiger partial charge is 0.265 e. The van der Waals surface area contributed by atoms with Crippen molar-refractivity contribution in [3.63, 3.8) is 0 Å². The van der Waals surface area contributed by atoms with Gasteiger partial charge >= 0.3 is 0 Å². The van der Waals surface area contributed by atoms with Crippen LogP contribution in [-0.4, -0.2) is 17.9 Å². The molecule has 0 aromatic heterocycles. The van der Waals surface area contributed by atoms with Crippen molar-refractivity contribution in [3.05, 3.63) is 70.9 Å². The number of fused-ring (bicyclic) bond motifs is 1. The molecular formula is C20H17FN2O2S. The Morgan fingerprint density at radius 1 is 1.19 bits per heavy atom.